The van der Waals surface area contributed by atoms with Crippen molar-refractivity contribution in [2.75, 3.05) is 13.1 Å². The zero-order valence-corrected chi connectivity index (χ0v) is 11.1. The quantitative estimate of drug-likeness (QED) is 0.779. The van der Waals surface area contributed by atoms with Crippen LogP contribution in [0.15, 0.2) is 22.1 Å². The van der Waals surface area contributed by atoms with Gasteiger partial charge in [0.2, 0.25) is 0 Å². The van der Waals surface area contributed by atoms with Gasteiger partial charge in [-0.25, -0.2) is 13.4 Å². The van der Waals surface area contributed by atoms with Gasteiger partial charge in [-0.15, -0.1) is 0 Å². The molecule has 0 N–H and O–H groups in total. The lowest BCUT2D eigenvalue weighted by molar-refractivity contribution is 0.432. The first-order valence-corrected chi connectivity index (χ1v) is 7.41. The third-order valence-electron chi connectivity index (χ3n) is 2.45. The smallest absolute Gasteiger partial charge is 0.232 e. The molecule has 0 aromatic carbocycles. The summed E-state index contributed by atoms with van der Waals surface area (Å²) in [4.78, 5) is 3.76. The van der Waals surface area contributed by atoms with Crippen molar-refractivity contribution in [3.63, 3.8) is 0 Å². The van der Waals surface area contributed by atoms with Gasteiger partial charge in [-0.05, 0) is 13.3 Å². The molecule has 1 aromatic heterocycles. The van der Waals surface area contributed by atoms with Crippen molar-refractivity contribution < 1.29 is 8.42 Å². The summed E-state index contributed by atoms with van der Waals surface area (Å²) in [6.07, 6.45) is 4.03. The fraction of sp³-hybridized carbons (Fsp3) is 0.444. The highest BCUT2D eigenvalue weighted by molar-refractivity contribution is 7.91. The largest absolute Gasteiger partial charge is 0.254 e. The molecule has 0 fully saturated rings. The second-order valence-corrected chi connectivity index (χ2v) is 7.37. The SMILES string of the molecule is CC1=CCN(S(=O)(=O)c2cnc(Cl)s2)CC1. The fourth-order valence-electron chi connectivity index (χ4n) is 1.46. The van der Waals surface area contributed by atoms with E-state index in [0.29, 0.717) is 13.1 Å². The van der Waals surface area contributed by atoms with Crippen molar-refractivity contribution in [1.82, 2.24) is 9.29 Å². The van der Waals surface area contributed by atoms with Gasteiger partial charge in [-0.2, -0.15) is 4.31 Å². The van der Waals surface area contributed by atoms with Crippen LogP contribution in [-0.2, 0) is 10.0 Å². The number of rotatable bonds is 2. The van der Waals surface area contributed by atoms with Crippen molar-refractivity contribution in [2.24, 2.45) is 0 Å². The molecule has 1 aliphatic heterocycles. The van der Waals surface area contributed by atoms with Crippen molar-refractivity contribution in [3.05, 3.63) is 22.3 Å². The van der Waals surface area contributed by atoms with E-state index in [0.717, 1.165) is 17.8 Å². The summed E-state index contributed by atoms with van der Waals surface area (Å²) in [5, 5.41) is 0. The summed E-state index contributed by atoms with van der Waals surface area (Å²) in [6, 6.07) is 0. The molecular weight excluding hydrogens is 268 g/mol. The monoisotopic (exact) mass is 278 g/mol. The Balaban J connectivity index is 2.27. The van der Waals surface area contributed by atoms with E-state index in [-0.39, 0.29) is 8.68 Å². The van der Waals surface area contributed by atoms with Crippen LogP contribution in [0.5, 0.6) is 0 Å². The van der Waals surface area contributed by atoms with Gasteiger partial charge in [0.15, 0.2) is 8.68 Å². The molecule has 0 saturated carbocycles. The van der Waals surface area contributed by atoms with E-state index in [9.17, 15) is 8.42 Å². The Morgan fingerprint density at radius 3 is 2.81 bits per heavy atom. The molecule has 4 nitrogen and oxygen atoms in total. The molecule has 1 aromatic rings. The van der Waals surface area contributed by atoms with Crippen LogP contribution in [0.25, 0.3) is 0 Å². The number of nitrogens with zero attached hydrogens (tertiary/aromatic N) is 2. The first kappa shape index (κ1) is 12.0. The van der Waals surface area contributed by atoms with Crippen LogP contribution in [0.2, 0.25) is 4.47 Å². The molecule has 0 bridgehead atoms. The fourth-order valence-corrected chi connectivity index (χ4v) is 4.29. The van der Waals surface area contributed by atoms with E-state index in [4.69, 9.17) is 11.6 Å². The predicted molar refractivity (Wildman–Crippen MR) is 64.3 cm³/mol. The minimum atomic E-state index is -3.40. The van der Waals surface area contributed by atoms with Gasteiger partial charge in [-0.3, -0.25) is 0 Å². The van der Waals surface area contributed by atoms with Crippen LogP contribution in [0.3, 0.4) is 0 Å². The summed E-state index contributed by atoms with van der Waals surface area (Å²) in [5.41, 5.74) is 1.23. The molecule has 16 heavy (non-hydrogen) atoms. The van der Waals surface area contributed by atoms with Crippen LogP contribution in [0.4, 0.5) is 0 Å². The van der Waals surface area contributed by atoms with Gasteiger partial charge in [0.25, 0.3) is 10.0 Å². The highest BCUT2D eigenvalue weighted by Gasteiger charge is 2.27. The first-order valence-electron chi connectivity index (χ1n) is 4.77. The third kappa shape index (κ3) is 2.29. The topological polar surface area (TPSA) is 50.3 Å². The lowest BCUT2D eigenvalue weighted by Gasteiger charge is -2.23. The van der Waals surface area contributed by atoms with Crippen LogP contribution in [-0.4, -0.2) is 30.8 Å². The Morgan fingerprint density at radius 2 is 2.31 bits per heavy atom. The summed E-state index contributed by atoms with van der Waals surface area (Å²) < 4.78 is 26.1. The van der Waals surface area contributed by atoms with E-state index < -0.39 is 10.0 Å². The van der Waals surface area contributed by atoms with Gasteiger partial charge < -0.3 is 0 Å². The van der Waals surface area contributed by atoms with E-state index in [2.05, 4.69) is 4.98 Å². The van der Waals surface area contributed by atoms with Gasteiger partial charge in [-0.1, -0.05) is 34.6 Å². The zero-order valence-electron chi connectivity index (χ0n) is 8.68. The second kappa shape index (κ2) is 4.44. The van der Waals surface area contributed by atoms with E-state index in [1.807, 2.05) is 13.0 Å². The minimum Gasteiger partial charge on any atom is -0.232 e. The number of hydrogen-bond acceptors (Lipinski definition) is 4. The van der Waals surface area contributed by atoms with E-state index >= 15 is 0 Å². The van der Waals surface area contributed by atoms with Crippen molar-refractivity contribution in [3.8, 4) is 0 Å². The lowest BCUT2D eigenvalue weighted by atomic mass is 10.1. The molecule has 0 spiro atoms. The van der Waals surface area contributed by atoms with E-state index in [1.54, 1.807) is 0 Å². The molecule has 1 aliphatic rings. The molecule has 0 unspecified atom stereocenters. The zero-order chi connectivity index (χ0) is 11.8. The first-order chi connectivity index (χ1) is 7.50. The average Bonchev–Trinajstić information content (AvgIpc) is 2.66. The van der Waals surface area contributed by atoms with Crippen LogP contribution >= 0.6 is 22.9 Å². The number of thiazole rings is 1. The predicted octanol–water partition coefficient (Wildman–Crippen LogP) is 2.14. The number of aromatic nitrogens is 1. The standard InChI is InChI=1S/C9H11ClN2O2S2/c1-7-2-4-12(5-3-7)16(13,14)8-6-11-9(10)15-8/h2,6H,3-5H2,1H3. The summed E-state index contributed by atoms with van der Waals surface area (Å²) in [6.45, 7) is 2.97. The molecular formula is C9H11ClN2O2S2. The van der Waals surface area contributed by atoms with Crippen LogP contribution in [0, 0.1) is 0 Å². The highest BCUT2D eigenvalue weighted by Crippen LogP contribution is 2.27. The molecule has 88 valence electrons. The third-order valence-corrected chi connectivity index (χ3v) is 5.87. The Labute approximate surface area is 104 Å². The molecule has 0 aliphatic carbocycles. The lowest BCUT2D eigenvalue weighted by Crippen LogP contribution is -2.34. The molecule has 0 radical (unpaired) electrons. The average molecular weight is 279 g/mol. The highest BCUT2D eigenvalue weighted by atomic mass is 35.5. The van der Waals surface area contributed by atoms with Gasteiger partial charge >= 0.3 is 0 Å². The van der Waals surface area contributed by atoms with Crippen molar-refractivity contribution in [1.29, 1.82) is 0 Å². The molecule has 2 rings (SSSR count). The molecule has 2 heterocycles. The van der Waals surface area contributed by atoms with Crippen LogP contribution < -0.4 is 0 Å². The Bertz CT molecular complexity index is 521. The van der Waals surface area contributed by atoms with Crippen molar-refractivity contribution in [2.45, 2.75) is 17.6 Å². The van der Waals surface area contributed by atoms with Crippen molar-refractivity contribution >= 4 is 33.0 Å². The number of hydrogen-bond donors (Lipinski definition) is 0. The van der Waals surface area contributed by atoms with Crippen LogP contribution in [0.1, 0.15) is 13.3 Å². The number of sulfonamides is 1. The van der Waals surface area contributed by atoms with E-state index in [1.165, 1.54) is 16.1 Å². The summed E-state index contributed by atoms with van der Waals surface area (Å²) in [7, 11) is -3.40. The molecule has 0 saturated heterocycles. The minimum absolute atomic E-state index is 0.213. The molecule has 0 atom stereocenters. The van der Waals surface area contributed by atoms with Gasteiger partial charge in [0.1, 0.15) is 0 Å². The van der Waals surface area contributed by atoms with Gasteiger partial charge in [0, 0.05) is 13.1 Å². The Morgan fingerprint density at radius 1 is 1.56 bits per heavy atom. The maximum absolute atomic E-state index is 12.1. The number of halogens is 1. The normalized spacial score (nSPS) is 18.5. The summed E-state index contributed by atoms with van der Waals surface area (Å²) in [5.74, 6) is 0. The summed E-state index contributed by atoms with van der Waals surface area (Å²) >= 11 is 6.63. The second-order valence-electron chi connectivity index (χ2n) is 3.60. The maximum Gasteiger partial charge on any atom is 0.254 e. The Kier molecular flexibility index (Phi) is 3.34. The van der Waals surface area contributed by atoms with Gasteiger partial charge in [0.05, 0.1) is 6.20 Å². The maximum atomic E-state index is 12.1. The molecule has 0 amide bonds. The molecule has 7 heteroatoms. The Hall–Kier alpha value is -0.430.